The average Bonchev–Trinajstić information content (AvgIpc) is 2.35. The molecule has 0 aliphatic heterocycles. The van der Waals surface area contributed by atoms with Crippen molar-refractivity contribution in [3.8, 4) is 0 Å². The summed E-state index contributed by atoms with van der Waals surface area (Å²) in [7, 11) is -3.23. The Hall–Kier alpha value is -1.07. The fraction of sp³-hybridized carbons (Fsp3) is 0.571. The Morgan fingerprint density at radius 1 is 1.26 bits per heavy atom. The van der Waals surface area contributed by atoms with E-state index < -0.39 is 10.0 Å². The molecule has 0 atom stereocenters. The van der Waals surface area contributed by atoms with Crippen LogP contribution in [-0.2, 0) is 10.0 Å². The first-order chi connectivity index (χ1) is 9.01. The Morgan fingerprint density at radius 3 is 2.58 bits per heavy atom. The Morgan fingerprint density at radius 2 is 2.00 bits per heavy atom. The molecule has 1 N–H and O–H groups in total. The van der Waals surface area contributed by atoms with Gasteiger partial charge in [0.15, 0.2) is 0 Å². The fourth-order valence-corrected chi connectivity index (χ4v) is 3.55. The van der Waals surface area contributed by atoms with E-state index in [1.54, 1.807) is 0 Å². The van der Waals surface area contributed by atoms with Gasteiger partial charge in [0, 0.05) is 6.54 Å². The molecule has 0 radical (unpaired) electrons. The molecule has 0 spiro atoms. The molecule has 1 aromatic rings. The van der Waals surface area contributed by atoms with Crippen molar-refractivity contribution in [2.24, 2.45) is 0 Å². The number of aryl methyl sites for hydroxylation is 1. The molecule has 0 bridgehead atoms. The van der Waals surface area contributed by atoms with E-state index in [0.717, 1.165) is 24.3 Å². The van der Waals surface area contributed by atoms with Crippen molar-refractivity contribution in [1.82, 2.24) is 5.32 Å². The minimum atomic E-state index is -3.23. The molecule has 1 rings (SSSR count). The molecule has 0 heterocycles. The number of hydrogen-bond acceptors (Lipinski definition) is 3. The van der Waals surface area contributed by atoms with Crippen molar-refractivity contribution in [1.29, 1.82) is 0 Å². The van der Waals surface area contributed by atoms with Crippen molar-refractivity contribution in [2.45, 2.75) is 27.2 Å². The minimum Gasteiger partial charge on any atom is -0.317 e. The monoisotopic (exact) mass is 284 g/mol. The van der Waals surface area contributed by atoms with Crippen molar-refractivity contribution in [3.63, 3.8) is 0 Å². The van der Waals surface area contributed by atoms with E-state index in [0.29, 0.717) is 13.0 Å². The summed E-state index contributed by atoms with van der Waals surface area (Å²) in [5.41, 5.74) is 1.82. The number of nitrogens with zero attached hydrogens (tertiary/aromatic N) is 1. The number of anilines is 1. The van der Waals surface area contributed by atoms with Crippen molar-refractivity contribution >= 4 is 15.7 Å². The van der Waals surface area contributed by atoms with Crippen molar-refractivity contribution in [2.75, 3.05) is 29.7 Å². The van der Waals surface area contributed by atoms with Gasteiger partial charge in [0.25, 0.3) is 0 Å². The summed E-state index contributed by atoms with van der Waals surface area (Å²) in [6, 6.07) is 7.61. The third-order valence-electron chi connectivity index (χ3n) is 2.92. The highest BCUT2D eigenvalue weighted by Gasteiger charge is 2.20. The second-order valence-corrected chi connectivity index (χ2v) is 6.54. The van der Waals surface area contributed by atoms with E-state index in [1.807, 2.05) is 45.0 Å². The predicted octanol–water partition coefficient (Wildman–Crippen LogP) is 2.15. The smallest absolute Gasteiger partial charge is 0.235 e. The lowest BCUT2D eigenvalue weighted by Gasteiger charge is -2.23. The molecule has 19 heavy (non-hydrogen) atoms. The summed E-state index contributed by atoms with van der Waals surface area (Å²) in [5.74, 6) is 0.182. The summed E-state index contributed by atoms with van der Waals surface area (Å²) in [5, 5.41) is 3.14. The highest BCUT2D eigenvalue weighted by molar-refractivity contribution is 7.92. The van der Waals surface area contributed by atoms with Gasteiger partial charge in [-0.25, -0.2) is 8.42 Å². The van der Waals surface area contributed by atoms with E-state index in [2.05, 4.69) is 5.32 Å². The third kappa shape index (κ3) is 4.84. The summed E-state index contributed by atoms with van der Waals surface area (Å²) in [6.07, 6.45) is 0.637. The largest absolute Gasteiger partial charge is 0.317 e. The second kappa shape index (κ2) is 7.50. The molecule has 0 saturated heterocycles. The zero-order valence-corrected chi connectivity index (χ0v) is 12.8. The maximum Gasteiger partial charge on any atom is 0.235 e. The molecule has 5 heteroatoms. The molecule has 1 aromatic carbocycles. The van der Waals surface area contributed by atoms with Crippen LogP contribution in [0.2, 0.25) is 0 Å². The maximum atomic E-state index is 12.3. The fourth-order valence-electron chi connectivity index (χ4n) is 1.99. The summed E-state index contributed by atoms with van der Waals surface area (Å²) >= 11 is 0. The zero-order valence-electron chi connectivity index (χ0n) is 12.0. The van der Waals surface area contributed by atoms with Gasteiger partial charge < -0.3 is 5.32 Å². The number of sulfonamides is 1. The van der Waals surface area contributed by atoms with Crippen molar-refractivity contribution in [3.05, 3.63) is 29.8 Å². The van der Waals surface area contributed by atoms with Crippen LogP contribution in [0.1, 0.15) is 25.8 Å². The van der Waals surface area contributed by atoms with E-state index in [4.69, 9.17) is 0 Å². The number of hydrogen-bond donors (Lipinski definition) is 1. The Balaban J connectivity index is 2.78. The molecular formula is C14H24N2O2S. The van der Waals surface area contributed by atoms with Crippen LogP contribution in [0.3, 0.4) is 0 Å². The number of rotatable bonds is 8. The molecule has 0 aromatic heterocycles. The molecule has 108 valence electrons. The normalized spacial score (nSPS) is 11.5. The highest BCUT2D eigenvalue weighted by Crippen LogP contribution is 2.19. The van der Waals surface area contributed by atoms with Crippen LogP contribution in [0.15, 0.2) is 24.3 Å². The van der Waals surface area contributed by atoms with E-state index in [1.165, 1.54) is 4.31 Å². The Bertz CT molecular complexity index is 486. The van der Waals surface area contributed by atoms with Crippen molar-refractivity contribution < 1.29 is 8.42 Å². The SMILES string of the molecule is CCNCCCS(=O)(=O)N(CC)c1cccc(C)c1. The second-order valence-electron chi connectivity index (χ2n) is 4.53. The van der Waals surface area contributed by atoms with E-state index >= 15 is 0 Å². The van der Waals surface area contributed by atoms with Gasteiger partial charge in [-0.15, -0.1) is 0 Å². The van der Waals surface area contributed by atoms with E-state index in [9.17, 15) is 8.42 Å². The van der Waals surface area contributed by atoms with Gasteiger partial charge in [-0.1, -0.05) is 19.1 Å². The topological polar surface area (TPSA) is 49.4 Å². The van der Waals surface area contributed by atoms with Crippen LogP contribution in [0.5, 0.6) is 0 Å². The molecule has 0 aliphatic rings. The average molecular weight is 284 g/mol. The van der Waals surface area contributed by atoms with Gasteiger partial charge in [0.05, 0.1) is 11.4 Å². The molecule has 0 fully saturated rings. The van der Waals surface area contributed by atoms with Crippen LogP contribution >= 0.6 is 0 Å². The standard InChI is InChI=1S/C14H24N2O2S/c1-4-15-10-7-11-19(17,18)16(5-2)14-9-6-8-13(3)12-14/h6,8-9,12,15H,4-5,7,10-11H2,1-3H3. The van der Waals surface area contributed by atoms with Gasteiger partial charge in [-0.05, 0) is 51.1 Å². The van der Waals surface area contributed by atoms with Gasteiger partial charge in [0.1, 0.15) is 0 Å². The predicted molar refractivity (Wildman–Crippen MR) is 81.1 cm³/mol. The third-order valence-corrected chi connectivity index (χ3v) is 4.86. The van der Waals surface area contributed by atoms with Gasteiger partial charge in [-0.3, -0.25) is 4.31 Å². The highest BCUT2D eigenvalue weighted by atomic mass is 32.2. The van der Waals surface area contributed by atoms with Crippen LogP contribution in [-0.4, -0.2) is 33.8 Å². The lowest BCUT2D eigenvalue weighted by atomic mass is 10.2. The Kier molecular flexibility index (Phi) is 6.31. The van der Waals surface area contributed by atoms with Crippen LogP contribution in [0.4, 0.5) is 5.69 Å². The van der Waals surface area contributed by atoms with Crippen LogP contribution in [0, 0.1) is 6.92 Å². The first-order valence-electron chi connectivity index (χ1n) is 6.79. The lowest BCUT2D eigenvalue weighted by Crippen LogP contribution is -2.33. The summed E-state index contributed by atoms with van der Waals surface area (Å²) in [4.78, 5) is 0. The number of nitrogens with one attached hydrogen (secondary N) is 1. The summed E-state index contributed by atoms with van der Waals surface area (Å²) in [6.45, 7) is 7.92. The quantitative estimate of drug-likeness (QED) is 0.744. The Labute approximate surface area is 116 Å². The van der Waals surface area contributed by atoms with E-state index in [-0.39, 0.29) is 5.75 Å². The first-order valence-corrected chi connectivity index (χ1v) is 8.40. The van der Waals surface area contributed by atoms with Crippen LogP contribution in [0.25, 0.3) is 0 Å². The molecule has 0 amide bonds. The molecule has 0 unspecified atom stereocenters. The minimum absolute atomic E-state index is 0.182. The molecular weight excluding hydrogens is 260 g/mol. The number of benzene rings is 1. The molecule has 4 nitrogen and oxygen atoms in total. The maximum absolute atomic E-state index is 12.3. The van der Waals surface area contributed by atoms with Gasteiger partial charge >= 0.3 is 0 Å². The van der Waals surface area contributed by atoms with Crippen LogP contribution < -0.4 is 9.62 Å². The lowest BCUT2D eigenvalue weighted by molar-refractivity contribution is 0.586. The van der Waals surface area contributed by atoms with Gasteiger partial charge in [0.2, 0.25) is 10.0 Å². The van der Waals surface area contributed by atoms with Gasteiger partial charge in [-0.2, -0.15) is 0 Å². The first kappa shape index (κ1) is 16.0. The zero-order chi connectivity index (χ0) is 14.3. The summed E-state index contributed by atoms with van der Waals surface area (Å²) < 4.78 is 26.2. The molecule has 0 saturated carbocycles. The molecule has 0 aliphatic carbocycles.